The van der Waals surface area contributed by atoms with Gasteiger partial charge in [-0.3, -0.25) is 0 Å². The normalized spacial score (nSPS) is 25.9. The maximum Gasteiger partial charge on any atom is 0.416 e. The molecule has 2 fully saturated rings. The molecule has 2 aliphatic heterocycles. The van der Waals surface area contributed by atoms with Crippen LogP contribution in [-0.4, -0.2) is 31.4 Å². The van der Waals surface area contributed by atoms with Gasteiger partial charge in [0.15, 0.2) is 0 Å². The van der Waals surface area contributed by atoms with Gasteiger partial charge in [-0.1, -0.05) is 30.3 Å². The Morgan fingerprint density at radius 3 is 2.26 bits per heavy atom. The van der Waals surface area contributed by atoms with Gasteiger partial charge < -0.3 is 20.1 Å². The molecule has 0 radical (unpaired) electrons. The van der Waals surface area contributed by atoms with Crippen molar-refractivity contribution in [3.05, 3.63) is 70.8 Å². The van der Waals surface area contributed by atoms with Gasteiger partial charge in [0.2, 0.25) is 0 Å². The molecule has 2 aromatic carbocycles. The molecule has 0 aromatic heterocycles. The first kappa shape index (κ1) is 24.3. The minimum Gasteiger partial charge on any atom is -0.443 e. The van der Waals surface area contributed by atoms with Crippen molar-refractivity contribution in [2.75, 3.05) is 13.2 Å². The SMILES string of the molecule is CC(OCC1(c2ccccc2)C[C@@H]2NC(=O)OC2CN1)c1cc(C(F)(F)F)cc(C(F)(F)F)c1. The predicted octanol–water partition coefficient (Wildman–Crippen LogP) is 5.17. The van der Waals surface area contributed by atoms with Crippen LogP contribution in [0.4, 0.5) is 31.1 Å². The molecule has 4 rings (SSSR count). The van der Waals surface area contributed by atoms with E-state index in [9.17, 15) is 31.1 Å². The first-order valence-corrected chi connectivity index (χ1v) is 10.6. The fourth-order valence-electron chi connectivity index (χ4n) is 4.36. The van der Waals surface area contributed by atoms with Crippen molar-refractivity contribution < 1.29 is 40.6 Å². The monoisotopic (exact) mass is 488 g/mol. The Bertz CT molecular complexity index is 1010. The number of rotatable bonds is 5. The van der Waals surface area contributed by atoms with E-state index in [2.05, 4.69) is 10.6 Å². The van der Waals surface area contributed by atoms with Crippen LogP contribution in [0.15, 0.2) is 48.5 Å². The summed E-state index contributed by atoms with van der Waals surface area (Å²) in [7, 11) is 0. The first-order valence-electron chi connectivity index (χ1n) is 10.6. The van der Waals surface area contributed by atoms with Crippen molar-refractivity contribution in [1.82, 2.24) is 10.6 Å². The number of hydrogen-bond donors (Lipinski definition) is 2. The topological polar surface area (TPSA) is 59.6 Å². The molecular formula is C23H22F6N2O3. The van der Waals surface area contributed by atoms with Gasteiger partial charge in [0.25, 0.3) is 0 Å². The van der Waals surface area contributed by atoms with Crippen LogP contribution in [0.2, 0.25) is 0 Å². The quantitative estimate of drug-likeness (QED) is 0.571. The average molecular weight is 488 g/mol. The summed E-state index contributed by atoms with van der Waals surface area (Å²) in [5.74, 6) is 0. The van der Waals surface area contributed by atoms with Gasteiger partial charge in [-0.05, 0) is 42.7 Å². The lowest BCUT2D eigenvalue weighted by Gasteiger charge is -2.43. The van der Waals surface area contributed by atoms with E-state index in [1.165, 1.54) is 6.92 Å². The molecule has 3 unspecified atom stereocenters. The molecule has 0 bridgehead atoms. The average Bonchev–Trinajstić information content (AvgIpc) is 3.15. The summed E-state index contributed by atoms with van der Waals surface area (Å²) in [5.41, 5.74) is -3.06. The summed E-state index contributed by atoms with van der Waals surface area (Å²) in [5, 5.41) is 6.06. The van der Waals surface area contributed by atoms with E-state index in [4.69, 9.17) is 9.47 Å². The third-order valence-corrected chi connectivity index (χ3v) is 6.21. The van der Waals surface area contributed by atoms with Gasteiger partial charge in [-0.15, -0.1) is 0 Å². The molecule has 5 nitrogen and oxygen atoms in total. The number of amides is 1. The Hall–Kier alpha value is -2.79. The van der Waals surface area contributed by atoms with Crippen molar-refractivity contribution in [1.29, 1.82) is 0 Å². The molecule has 1 amide bonds. The summed E-state index contributed by atoms with van der Waals surface area (Å²) < 4.78 is 90.6. The van der Waals surface area contributed by atoms with Crippen LogP contribution in [0.5, 0.6) is 0 Å². The van der Waals surface area contributed by atoms with Gasteiger partial charge in [0.05, 0.1) is 35.4 Å². The van der Waals surface area contributed by atoms with Crippen LogP contribution in [-0.2, 0) is 27.4 Å². The van der Waals surface area contributed by atoms with Crippen molar-refractivity contribution in [2.24, 2.45) is 0 Å². The van der Waals surface area contributed by atoms with Gasteiger partial charge in [-0.2, -0.15) is 26.3 Å². The maximum atomic E-state index is 13.3. The Labute approximate surface area is 191 Å². The molecule has 184 valence electrons. The number of piperidine rings is 1. The number of nitrogens with one attached hydrogen (secondary N) is 2. The van der Waals surface area contributed by atoms with Crippen LogP contribution >= 0.6 is 0 Å². The molecule has 2 aliphatic rings. The zero-order chi connectivity index (χ0) is 24.7. The number of ether oxygens (including phenoxy) is 2. The zero-order valence-corrected chi connectivity index (χ0v) is 18.0. The summed E-state index contributed by atoms with van der Waals surface area (Å²) in [6, 6.07) is 10.2. The lowest BCUT2D eigenvalue weighted by atomic mass is 9.80. The van der Waals surface area contributed by atoms with E-state index in [1.807, 2.05) is 18.2 Å². The Morgan fingerprint density at radius 2 is 1.68 bits per heavy atom. The highest BCUT2D eigenvalue weighted by Crippen LogP contribution is 2.39. The number of carbonyl (C=O) groups excluding carboxylic acids is 1. The molecule has 4 atom stereocenters. The lowest BCUT2D eigenvalue weighted by Crippen LogP contribution is -2.59. The first-order chi connectivity index (χ1) is 15.9. The van der Waals surface area contributed by atoms with Gasteiger partial charge in [0, 0.05) is 6.54 Å². The number of alkyl halides is 6. The maximum absolute atomic E-state index is 13.3. The molecule has 0 saturated carbocycles. The van der Waals surface area contributed by atoms with Crippen LogP contribution in [0, 0.1) is 0 Å². The minimum atomic E-state index is -4.94. The third-order valence-electron chi connectivity index (χ3n) is 6.21. The lowest BCUT2D eigenvalue weighted by molar-refractivity contribution is -0.143. The summed E-state index contributed by atoms with van der Waals surface area (Å²) >= 11 is 0. The molecule has 2 saturated heterocycles. The Balaban J connectivity index is 1.61. The molecule has 2 aromatic rings. The zero-order valence-electron chi connectivity index (χ0n) is 18.0. The molecule has 2 N–H and O–H groups in total. The second-order valence-electron chi connectivity index (χ2n) is 8.52. The molecule has 11 heteroatoms. The van der Waals surface area contributed by atoms with E-state index in [0.29, 0.717) is 25.1 Å². The van der Waals surface area contributed by atoms with Gasteiger partial charge in [-0.25, -0.2) is 4.79 Å². The van der Waals surface area contributed by atoms with E-state index >= 15 is 0 Å². The molecular weight excluding hydrogens is 466 g/mol. The highest BCUT2D eigenvalue weighted by atomic mass is 19.4. The third kappa shape index (κ3) is 5.00. The summed E-state index contributed by atoms with van der Waals surface area (Å²) in [4.78, 5) is 11.7. The number of fused-ring (bicyclic) bond motifs is 1. The molecule has 2 heterocycles. The number of halogens is 6. The van der Waals surface area contributed by atoms with Crippen LogP contribution in [0.3, 0.4) is 0 Å². The largest absolute Gasteiger partial charge is 0.443 e. The fourth-order valence-corrected chi connectivity index (χ4v) is 4.36. The fraction of sp³-hybridized carbons (Fsp3) is 0.435. The second kappa shape index (κ2) is 8.77. The van der Waals surface area contributed by atoms with Crippen LogP contribution in [0.1, 0.15) is 41.7 Å². The second-order valence-corrected chi connectivity index (χ2v) is 8.52. The number of hydrogen-bond acceptors (Lipinski definition) is 4. The van der Waals surface area contributed by atoms with Crippen molar-refractivity contribution in [3.8, 4) is 0 Å². The number of carbonyl (C=O) groups is 1. The van der Waals surface area contributed by atoms with Crippen LogP contribution in [0.25, 0.3) is 0 Å². The van der Waals surface area contributed by atoms with Gasteiger partial charge in [0.1, 0.15) is 6.10 Å². The number of benzene rings is 2. The van der Waals surface area contributed by atoms with Crippen molar-refractivity contribution in [3.63, 3.8) is 0 Å². The van der Waals surface area contributed by atoms with E-state index in [1.54, 1.807) is 12.1 Å². The van der Waals surface area contributed by atoms with E-state index < -0.39 is 41.2 Å². The van der Waals surface area contributed by atoms with Crippen LogP contribution < -0.4 is 10.6 Å². The van der Waals surface area contributed by atoms with Crippen molar-refractivity contribution >= 4 is 6.09 Å². The predicted molar refractivity (Wildman–Crippen MR) is 109 cm³/mol. The molecule has 0 aliphatic carbocycles. The highest BCUT2D eigenvalue weighted by molar-refractivity contribution is 5.70. The Morgan fingerprint density at radius 1 is 1.06 bits per heavy atom. The minimum absolute atomic E-state index is 0.0606. The number of alkyl carbamates (subject to hydrolysis) is 1. The van der Waals surface area contributed by atoms with Crippen molar-refractivity contribution in [2.45, 2.75) is 49.5 Å². The van der Waals surface area contributed by atoms with Gasteiger partial charge >= 0.3 is 18.4 Å². The highest BCUT2D eigenvalue weighted by Gasteiger charge is 2.47. The Kier molecular flexibility index (Phi) is 6.28. The molecule has 34 heavy (non-hydrogen) atoms. The summed E-state index contributed by atoms with van der Waals surface area (Å²) in [6.45, 7) is 1.65. The van der Waals surface area contributed by atoms with E-state index in [0.717, 1.165) is 5.56 Å². The smallest absolute Gasteiger partial charge is 0.416 e. The summed E-state index contributed by atoms with van der Waals surface area (Å²) in [6.07, 6.45) is -11.5. The van der Waals surface area contributed by atoms with E-state index in [-0.39, 0.29) is 30.4 Å². The standard InChI is InChI=1S/C23H22F6N2O3/c1-13(14-7-16(22(24,25)26)9-17(8-14)23(27,28)29)33-12-21(15-5-3-2-4-6-15)10-18-19(11-30-21)34-20(32)31-18/h2-9,13,18-19,30H,10-12H2,1H3,(H,31,32)/t13?,18-,19?,21?/m0/s1. The molecule has 0 spiro atoms.